The van der Waals surface area contributed by atoms with Gasteiger partial charge in [0.25, 0.3) is 0 Å². The Labute approximate surface area is 183 Å². The molecule has 0 atom stereocenters. The first kappa shape index (κ1) is 21.9. The lowest BCUT2D eigenvalue weighted by Gasteiger charge is -2.15. The molecule has 170 valence electrons. The van der Waals surface area contributed by atoms with Gasteiger partial charge >= 0.3 is 18.1 Å². The molecule has 0 aliphatic heterocycles. The third-order valence-electron chi connectivity index (χ3n) is 5.01. The number of benzene rings is 2. The molecule has 4 rings (SSSR count). The van der Waals surface area contributed by atoms with Gasteiger partial charge in [-0.1, -0.05) is 0 Å². The molecule has 0 aliphatic carbocycles. The topological polar surface area (TPSA) is 135 Å². The van der Waals surface area contributed by atoms with Crippen LogP contribution < -0.4 is 16.2 Å². The number of esters is 2. The maximum Gasteiger partial charge on any atom is 0.491 e. The van der Waals surface area contributed by atoms with Crippen molar-refractivity contribution >= 4 is 45.5 Å². The summed E-state index contributed by atoms with van der Waals surface area (Å²) in [6, 6.07) is 7.50. The molecular weight excluding hydrogens is 443 g/mol. The Morgan fingerprint density at radius 3 is 2.45 bits per heavy atom. The van der Waals surface area contributed by atoms with Crippen LogP contribution in [-0.4, -0.2) is 39.8 Å². The molecule has 0 saturated heterocycles. The van der Waals surface area contributed by atoms with Crippen LogP contribution in [0.2, 0.25) is 0 Å². The fourth-order valence-electron chi connectivity index (χ4n) is 3.62. The third kappa shape index (κ3) is 3.75. The van der Waals surface area contributed by atoms with Crippen molar-refractivity contribution in [2.75, 3.05) is 18.6 Å². The van der Waals surface area contributed by atoms with E-state index in [2.05, 4.69) is 14.7 Å². The maximum absolute atomic E-state index is 12.7. The van der Waals surface area contributed by atoms with Gasteiger partial charge in [-0.25, -0.2) is 14.6 Å². The molecule has 9 nitrogen and oxygen atoms in total. The van der Waals surface area contributed by atoms with Crippen molar-refractivity contribution in [1.29, 1.82) is 0 Å². The Balaban J connectivity index is 2.01. The zero-order valence-corrected chi connectivity index (χ0v) is 17.2. The van der Waals surface area contributed by atoms with E-state index in [0.29, 0.717) is 27.4 Å². The Bertz CT molecular complexity index is 1450. The molecule has 2 aromatic carbocycles. The number of methoxy groups -OCH3 is 1. The van der Waals surface area contributed by atoms with Gasteiger partial charge in [0.2, 0.25) is 5.95 Å². The van der Waals surface area contributed by atoms with Crippen LogP contribution in [0.15, 0.2) is 36.5 Å². The first-order valence-corrected chi connectivity index (χ1v) is 9.33. The molecule has 12 heteroatoms. The minimum Gasteiger partial charge on any atom is -0.497 e. The molecule has 0 spiro atoms. The van der Waals surface area contributed by atoms with Gasteiger partial charge in [-0.05, 0) is 35.9 Å². The van der Waals surface area contributed by atoms with Gasteiger partial charge in [-0.3, -0.25) is 0 Å². The summed E-state index contributed by atoms with van der Waals surface area (Å²) < 4.78 is 48.9. The largest absolute Gasteiger partial charge is 0.497 e. The molecule has 33 heavy (non-hydrogen) atoms. The minimum absolute atomic E-state index is 0.0774. The summed E-state index contributed by atoms with van der Waals surface area (Å²) in [4.78, 5) is 32.1. The Morgan fingerprint density at radius 2 is 1.79 bits per heavy atom. The van der Waals surface area contributed by atoms with Gasteiger partial charge in [0.1, 0.15) is 11.6 Å². The number of nitrogens with zero attached hydrogens (tertiary/aromatic N) is 3. The van der Waals surface area contributed by atoms with Crippen molar-refractivity contribution in [3.8, 4) is 16.9 Å². The number of carbonyl (C=O) groups excluding carboxylic acids is 2. The monoisotopic (exact) mass is 459 g/mol. The van der Waals surface area contributed by atoms with Crippen molar-refractivity contribution in [1.82, 2.24) is 14.5 Å². The number of hydrogen-bond donors (Lipinski definition) is 2. The standard InChI is InChI=1S/C21H16F3N5O4/c1-29-6-5-11-15-14(27-20(26)28-17(15)25)8-12(16(11)29)10-4-3-9(32-2)7-13(10)18(30)33-19(31)21(22,23)24/h3-8H,1-2H3,(H4,25,26,27,28). The van der Waals surface area contributed by atoms with Gasteiger partial charge in [-0.15, -0.1) is 0 Å². The number of nitrogens with two attached hydrogens (primary N) is 2. The van der Waals surface area contributed by atoms with Gasteiger partial charge in [0, 0.05) is 24.2 Å². The summed E-state index contributed by atoms with van der Waals surface area (Å²) in [7, 11) is 3.06. The fourth-order valence-corrected chi connectivity index (χ4v) is 3.62. The van der Waals surface area contributed by atoms with E-state index in [1.807, 2.05) is 0 Å². The van der Waals surface area contributed by atoms with Crippen LogP contribution in [-0.2, 0) is 16.6 Å². The number of anilines is 2. The molecular formula is C21H16F3N5O4. The molecule has 0 saturated carbocycles. The second-order valence-electron chi connectivity index (χ2n) is 7.06. The Morgan fingerprint density at radius 1 is 1.06 bits per heavy atom. The lowest BCUT2D eigenvalue weighted by molar-refractivity contribution is -0.193. The highest BCUT2D eigenvalue weighted by atomic mass is 19.4. The summed E-state index contributed by atoms with van der Waals surface area (Å²) in [5.41, 5.74) is 13.0. The van der Waals surface area contributed by atoms with E-state index in [1.165, 1.54) is 25.3 Å². The van der Waals surface area contributed by atoms with Crippen molar-refractivity contribution in [2.45, 2.75) is 6.18 Å². The molecule has 0 unspecified atom stereocenters. The quantitative estimate of drug-likeness (QED) is 0.352. The van der Waals surface area contributed by atoms with Crippen molar-refractivity contribution in [3.05, 3.63) is 42.1 Å². The number of halogens is 3. The lowest BCUT2D eigenvalue weighted by atomic mass is 9.95. The van der Waals surface area contributed by atoms with Crippen molar-refractivity contribution in [2.24, 2.45) is 7.05 Å². The highest BCUT2D eigenvalue weighted by Gasteiger charge is 2.43. The number of carbonyl (C=O) groups is 2. The second kappa shape index (κ2) is 7.65. The van der Waals surface area contributed by atoms with E-state index in [4.69, 9.17) is 16.2 Å². The van der Waals surface area contributed by atoms with Crippen molar-refractivity contribution < 1.29 is 32.2 Å². The molecule has 2 aromatic heterocycles. The first-order chi connectivity index (χ1) is 15.5. The Kier molecular flexibility index (Phi) is 5.07. The number of rotatable bonds is 3. The number of fused-ring (bicyclic) bond motifs is 3. The summed E-state index contributed by atoms with van der Waals surface area (Å²) in [6.45, 7) is 0. The first-order valence-electron chi connectivity index (χ1n) is 9.33. The van der Waals surface area contributed by atoms with E-state index in [1.54, 1.807) is 29.9 Å². The molecule has 2 heterocycles. The lowest BCUT2D eigenvalue weighted by Crippen LogP contribution is -2.28. The average molecular weight is 459 g/mol. The number of nitrogen functional groups attached to an aromatic ring is 2. The number of alkyl halides is 3. The van der Waals surface area contributed by atoms with Crippen LogP contribution in [0.4, 0.5) is 24.9 Å². The molecule has 4 N–H and O–H groups in total. The molecule has 4 aromatic rings. The summed E-state index contributed by atoms with van der Waals surface area (Å²) in [6.07, 6.45) is -3.60. The van der Waals surface area contributed by atoms with Gasteiger partial charge in [-0.2, -0.15) is 18.2 Å². The molecule has 0 amide bonds. The van der Waals surface area contributed by atoms with E-state index < -0.39 is 18.1 Å². The van der Waals surface area contributed by atoms with Gasteiger partial charge < -0.3 is 25.5 Å². The highest BCUT2D eigenvalue weighted by molar-refractivity contribution is 6.17. The third-order valence-corrected chi connectivity index (χ3v) is 5.01. The van der Waals surface area contributed by atoms with Crippen LogP contribution in [0.1, 0.15) is 10.4 Å². The summed E-state index contributed by atoms with van der Waals surface area (Å²) in [5, 5.41) is 1.15. The number of aromatic nitrogens is 3. The fraction of sp³-hybridized carbons (Fsp3) is 0.143. The summed E-state index contributed by atoms with van der Waals surface area (Å²) in [5.74, 6) is -3.88. The molecule has 0 radical (unpaired) electrons. The zero-order valence-electron chi connectivity index (χ0n) is 17.2. The molecule has 0 aliphatic rings. The summed E-state index contributed by atoms with van der Waals surface area (Å²) >= 11 is 0. The zero-order chi connectivity index (χ0) is 24.1. The van der Waals surface area contributed by atoms with Gasteiger partial charge in [0.15, 0.2) is 0 Å². The SMILES string of the molecule is COc1ccc(-c2cc3nc(N)nc(N)c3c3ccn(C)c23)c(C(=O)OC(=O)C(F)(F)F)c1. The number of hydrogen-bond acceptors (Lipinski definition) is 8. The van der Waals surface area contributed by atoms with E-state index in [9.17, 15) is 22.8 Å². The Hall–Kier alpha value is -4.35. The predicted octanol–water partition coefficient (Wildman–Crippen LogP) is 3.21. The molecule has 0 fully saturated rings. The van der Waals surface area contributed by atoms with Gasteiger partial charge in [0.05, 0.1) is 29.1 Å². The van der Waals surface area contributed by atoms with Crippen LogP contribution in [0.5, 0.6) is 5.75 Å². The maximum atomic E-state index is 12.7. The van der Waals surface area contributed by atoms with Crippen LogP contribution in [0.25, 0.3) is 32.9 Å². The van der Waals surface area contributed by atoms with E-state index in [0.717, 1.165) is 0 Å². The van der Waals surface area contributed by atoms with E-state index >= 15 is 0 Å². The van der Waals surface area contributed by atoms with Crippen LogP contribution in [0, 0.1) is 0 Å². The predicted molar refractivity (Wildman–Crippen MR) is 113 cm³/mol. The van der Waals surface area contributed by atoms with Crippen molar-refractivity contribution in [3.63, 3.8) is 0 Å². The second-order valence-corrected chi connectivity index (χ2v) is 7.06. The smallest absolute Gasteiger partial charge is 0.491 e. The highest BCUT2D eigenvalue weighted by Crippen LogP contribution is 2.39. The minimum atomic E-state index is -5.34. The normalized spacial score (nSPS) is 11.7. The molecule has 0 bridgehead atoms. The van der Waals surface area contributed by atoms with Crippen LogP contribution in [0.3, 0.4) is 0 Å². The van der Waals surface area contributed by atoms with E-state index in [-0.39, 0.29) is 28.6 Å². The average Bonchev–Trinajstić information content (AvgIpc) is 3.13. The number of aryl methyl sites for hydroxylation is 1. The number of ether oxygens (including phenoxy) is 2. The van der Waals surface area contributed by atoms with Crippen LogP contribution >= 0.6 is 0 Å².